The quantitative estimate of drug-likeness (QED) is 0.167. The van der Waals surface area contributed by atoms with E-state index in [2.05, 4.69) is 69.5 Å². The molecule has 9 rings (SSSR count). The lowest BCUT2D eigenvalue weighted by Gasteiger charge is -2.71. The third-order valence-corrected chi connectivity index (χ3v) is 11.0. The number of H-pyrrole nitrogens is 2. The number of fused-ring (bicyclic) bond motifs is 2. The Morgan fingerprint density at radius 3 is 2.66 bits per heavy atom. The lowest BCUT2D eigenvalue weighted by Crippen LogP contribution is -2.74. The van der Waals surface area contributed by atoms with Crippen LogP contribution in [-0.2, 0) is 26.1 Å². The standard InChI is InChI=1S/C32H33F3N10OS/c33-32(34,35)10-23-9-24-27(37-18-38-28(24)47-23)40-21-3-5-44(6-4-21)13-19-1-2-25-20(7-19)8-22(11-36)45(25)17-30-14-31(15-30,16-30)39-12-26-41-29(46)43-42-26/h1-2,7-9,18,21,39H,3-6,10,12-17H2,(H,37,38,40)(H2,41,42,43,46). The van der Waals surface area contributed by atoms with Crippen LogP contribution in [0.15, 0.2) is 41.5 Å². The van der Waals surface area contributed by atoms with Gasteiger partial charge in [-0.1, -0.05) is 6.07 Å². The Morgan fingerprint density at radius 1 is 1.13 bits per heavy atom. The van der Waals surface area contributed by atoms with Crippen molar-refractivity contribution in [2.75, 3.05) is 18.4 Å². The summed E-state index contributed by atoms with van der Waals surface area (Å²) in [6.45, 7) is 3.91. The van der Waals surface area contributed by atoms with Gasteiger partial charge in [0.2, 0.25) is 0 Å². The number of benzene rings is 1. The molecule has 4 fully saturated rings. The average Bonchev–Trinajstić information content (AvgIpc) is 3.70. The van der Waals surface area contributed by atoms with E-state index >= 15 is 0 Å². The minimum atomic E-state index is -4.26. The van der Waals surface area contributed by atoms with Crippen molar-refractivity contribution in [2.24, 2.45) is 5.41 Å². The Balaban J connectivity index is 0.869. The highest BCUT2D eigenvalue weighted by Gasteiger charge is 2.67. The molecule has 0 amide bonds. The summed E-state index contributed by atoms with van der Waals surface area (Å²) < 4.78 is 41.0. The van der Waals surface area contributed by atoms with Crippen LogP contribution in [0.2, 0.25) is 0 Å². The summed E-state index contributed by atoms with van der Waals surface area (Å²) in [5.41, 5.74) is 2.94. The molecule has 1 aromatic carbocycles. The third-order valence-electron chi connectivity index (χ3n) is 9.98. The van der Waals surface area contributed by atoms with Crippen molar-refractivity contribution in [1.82, 2.24) is 39.9 Å². The maximum Gasteiger partial charge on any atom is 0.393 e. The predicted molar refractivity (Wildman–Crippen MR) is 171 cm³/mol. The molecule has 15 heteroatoms. The number of thiophene rings is 1. The first-order chi connectivity index (χ1) is 22.6. The van der Waals surface area contributed by atoms with Gasteiger partial charge in [-0.15, -0.1) is 11.3 Å². The molecule has 1 saturated heterocycles. The lowest BCUT2D eigenvalue weighted by atomic mass is 9.39. The van der Waals surface area contributed by atoms with E-state index in [-0.39, 0.29) is 27.6 Å². The number of anilines is 1. The molecule has 47 heavy (non-hydrogen) atoms. The van der Waals surface area contributed by atoms with E-state index in [0.29, 0.717) is 34.1 Å². The van der Waals surface area contributed by atoms with Crippen LogP contribution in [0.4, 0.5) is 19.0 Å². The fourth-order valence-electron chi connectivity index (χ4n) is 8.02. The van der Waals surface area contributed by atoms with Crippen molar-refractivity contribution in [3.8, 4) is 6.07 Å². The zero-order valence-electron chi connectivity index (χ0n) is 25.5. The summed E-state index contributed by atoms with van der Waals surface area (Å²) in [7, 11) is 0. The number of alkyl halides is 3. The number of nitriles is 1. The smallest absolute Gasteiger partial charge is 0.367 e. The zero-order chi connectivity index (χ0) is 32.4. The van der Waals surface area contributed by atoms with E-state index in [1.54, 1.807) is 6.07 Å². The van der Waals surface area contributed by atoms with Gasteiger partial charge in [0.05, 0.1) is 18.4 Å². The fourth-order valence-corrected chi connectivity index (χ4v) is 9.05. The summed E-state index contributed by atoms with van der Waals surface area (Å²) in [6, 6.07) is 12.6. The number of rotatable bonds is 10. The van der Waals surface area contributed by atoms with Gasteiger partial charge in [-0.3, -0.25) is 9.88 Å². The van der Waals surface area contributed by atoms with E-state index in [4.69, 9.17) is 0 Å². The Hall–Kier alpha value is -4.26. The Kier molecular flexibility index (Phi) is 7.16. The zero-order valence-corrected chi connectivity index (χ0v) is 26.3. The molecule has 244 valence electrons. The number of hydrogen-bond acceptors (Lipinski definition) is 9. The Bertz CT molecular complexity index is 2040. The molecule has 0 spiro atoms. The topological polar surface area (TPSA) is 143 Å². The van der Waals surface area contributed by atoms with Gasteiger partial charge in [0.1, 0.15) is 34.6 Å². The molecule has 0 atom stereocenters. The molecule has 0 radical (unpaired) electrons. The highest BCUT2D eigenvalue weighted by molar-refractivity contribution is 7.18. The molecule has 4 aromatic heterocycles. The summed E-state index contributed by atoms with van der Waals surface area (Å²) in [5.74, 6) is 1.21. The normalized spacial score (nSPS) is 23.1. The first kappa shape index (κ1) is 30.1. The largest absolute Gasteiger partial charge is 0.393 e. The van der Waals surface area contributed by atoms with Crippen LogP contribution < -0.4 is 16.3 Å². The molecule has 11 nitrogen and oxygen atoms in total. The van der Waals surface area contributed by atoms with Gasteiger partial charge >= 0.3 is 11.9 Å². The van der Waals surface area contributed by atoms with Crippen molar-refractivity contribution >= 4 is 38.3 Å². The summed E-state index contributed by atoms with van der Waals surface area (Å²) in [5, 5.41) is 25.1. The molecule has 0 unspecified atom stereocenters. The van der Waals surface area contributed by atoms with Gasteiger partial charge in [-0.05, 0) is 67.3 Å². The van der Waals surface area contributed by atoms with Crippen LogP contribution in [-0.4, -0.2) is 65.5 Å². The minimum absolute atomic E-state index is 0.0901. The number of likely N-dealkylation sites (tertiary alicyclic amines) is 1. The predicted octanol–water partition coefficient (Wildman–Crippen LogP) is 4.82. The second-order valence-corrected chi connectivity index (χ2v) is 14.7. The second kappa shape index (κ2) is 11.2. The second-order valence-electron chi connectivity index (χ2n) is 13.5. The first-order valence-electron chi connectivity index (χ1n) is 15.8. The fraction of sp³-hybridized carbons (Fsp3) is 0.469. The highest BCUT2D eigenvalue weighted by atomic mass is 32.1. The van der Waals surface area contributed by atoms with Gasteiger partial charge in [0, 0.05) is 53.5 Å². The number of hydrogen-bond donors (Lipinski definition) is 4. The molecule has 5 aromatic rings. The number of aromatic nitrogens is 6. The summed E-state index contributed by atoms with van der Waals surface area (Å²) in [6.07, 6.45) is 1.08. The summed E-state index contributed by atoms with van der Waals surface area (Å²) in [4.78, 5) is 25.7. The average molecular weight is 663 g/mol. The molecule has 4 N–H and O–H groups in total. The van der Waals surface area contributed by atoms with Gasteiger partial charge in [0.15, 0.2) is 0 Å². The van der Waals surface area contributed by atoms with E-state index in [9.17, 15) is 23.2 Å². The lowest BCUT2D eigenvalue weighted by molar-refractivity contribution is -0.164. The van der Waals surface area contributed by atoms with Crippen molar-refractivity contribution in [2.45, 2.75) is 75.9 Å². The number of aromatic amines is 2. The van der Waals surface area contributed by atoms with Crippen molar-refractivity contribution in [3.63, 3.8) is 0 Å². The van der Waals surface area contributed by atoms with Gasteiger partial charge in [-0.2, -0.15) is 23.5 Å². The SMILES string of the molecule is N#Cc1cc2cc(CN3CCC(Nc4ncnc5sc(CC(F)(F)F)cc45)CC3)ccc2n1CC12CC(NCc3n[nH]c(=O)[nH]3)(C1)C2. The van der Waals surface area contributed by atoms with Gasteiger partial charge in [0.25, 0.3) is 0 Å². The number of nitrogens with one attached hydrogen (secondary N) is 4. The molecule has 1 aliphatic heterocycles. The third kappa shape index (κ3) is 5.90. The van der Waals surface area contributed by atoms with E-state index < -0.39 is 12.6 Å². The van der Waals surface area contributed by atoms with Gasteiger partial charge in [-0.25, -0.2) is 19.9 Å². The van der Waals surface area contributed by atoms with Crippen LogP contribution in [0.25, 0.3) is 21.1 Å². The van der Waals surface area contributed by atoms with Gasteiger partial charge < -0.3 is 15.2 Å². The van der Waals surface area contributed by atoms with Crippen LogP contribution >= 0.6 is 11.3 Å². The van der Waals surface area contributed by atoms with Crippen LogP contribution in [0.5, 0.6) is 0 Å². The molecule has 2 bridgehead atoms. The van der Waals surface area contributed by atoms with E-state index in [1.807, 2.05) is 6.07 Å². The maximum atomic E-state index is 12.9. The van der Waals surface area contributed by atoms with Crippen molar-refractivity contribution in [1.29, 1.82) is 5.26 Å². The molecule has 5 heterocycles. The molecular weight excluding hydrogens is 629 g/mol. The van der Waals surface area contributed by atoms with Crippen LogP contribution in [0.1, 0.15) is 54.1 Å². The summed E-state index contributed by atoms with van der Waals surface area (Å²) >= 11 is 1.06. The minimum Gasteiger partial charge on any atom is -0.367 e. The molecule has 3 aliphatic carbocycles. The van der Waals surface area contributed by atoms with E-state index in [0.717, 1.165) is 80.5 Å². The number of nitrogens with zero attached hydrogens (tertiary/aromatic N) is 6. The number of halogens is 3. The highest BCUT2D eigenvalue weighted by Crippen LogP contribution is 2.68. The Morgan fingerprint density at radius 2 is 1.94 bits per heavy atom. The molecule has 4 aliphatic rings. The first-order valence-corrected chi connectivity index (χ1v) is 16.6. The van der Waals surface area contributed by atoms with E-state index in [1.165, 1.54) is 11.9 Å². The van der Waals surface area contributed by atoms with Crippen LogP contribution in [0, 0.1) is 16.7 Å². The molecule has 3 saturated carbocycles. The number of piperidine rings is 1. The van der Waals surface area contributed by atoms with Crippen molar-refractivity contribution in [3.05, 3.63) is 69.1 Å². The Labute approximate surface area is 271 Å². The monoisotopic (exact) mass is 662 g/mol. The maximum absolute atomic E-state index is 12.9. The molecular formula is C32H33F3N10OS. The van der Waals surface area contributed by atoms with Crippen LogP contribution in [0.3, 0.4) is 0 Å². The van der Waals surface area contributed by atoms with Crippen molar-refractivity contribution < 1.29 is 13.2 Å².